The van der Waals surface area contributed by atoms with Gasteiger partial charge in [-0.1, -0.05) is 12.1 Å². The van der Waals surface area contributed by atoms with Crippen molar-refractivity contribution in [1.82, 2.24) is 10.4 Å². The van der Waals surface area contributed by atoms with Crippen molar-refractivity contribution >= 4 is 5.91 Å². The summed E-state index contributed by atoms with van der Waals surface area (Å²) in [5, 5.41) is 0. The number of rotatable bonds is 2. The Morgan fingerprint density at radius 3 is 2.94 bits per heavy atom. The van der Waals surface area contributed by atoms with E-state index in [0.717, 1.165) is 24.2 Å². The SMILES string of the molecule is CN(C)C(=O)c1cccc([C@@H]2CCON2)c1. The van der Waals surface area contributed by atoms with Gasteiger partial charge in [0.15, 0.2) is 0 Å². The van der Waals surface area contributed by atoms with Crippen molar-refractivity contribution in [3.8, 4) is 0 Å². The van der Waals surface area contributed by atoms with Crippen LogP contribution in [0.15, 0.2) is 24.3 Å². The van der Waals surface area contributed by atoms with Crippen LogP contribution >= 0.6 is 0 Å². The maximum atomic E-state index is 11.8. The summed E-state index contributed by atoms with van der Waals surface area (Å²) in [7, 11) is 3.51. The number of amides is 1. The lowest BCUT2D eigenvalue weighted by Crippen LogP contribution is -2.22. The summed E-state index contributed by atoms with van der Waals surface area (Å²) < 4.78 is 0. The fraction of sp³-hybridized carbons (Fsp3) is 0.417. The maximum absolute atomic E-state index is 11.8. The van der Waals surface area contributed by atoms with E-state index in [9.17, 15) is 4.79 Å². The Morgan fingerprint density at radius 2 is 2.31 bits per heavy atom. The van der Waals surface area contributed by atoms with Crippen molar-refractivity contribution in [3.05, 3.63) is 35.4 Å². The quantitative estimate of drug-likeness (QED) is 0.818. The zero-order chi connectivity index (χ0) is 11.5. The van der Waals surface area contributed by atoms with Crippen molar-refractivity contribution in [2.75, 3.05) is 20.7 Å². The number of benzene rings is 1. The molecule has 4 nitrogen and oxygen atoms in total. The Hall–Kier alpha value is -1.39. The first kappa shape index (κ1) is 11.1. The number of nitrogens with zero attached hydrogens (tertiary/aromatic N) is 1. The van der Waals surface area contributed by atoms with Gasteiger partial charge < -0.3 is 9.74 Å². The van der Waals surface area contributed by atoms with Crippen molar-refractivity contribution in [2.45, 2.75) is 12.5 Å². The lowest BCUT2D eigenvalue weighted by Gasteiger charge is -2.13. The predicted octanol–water partition coefficient (Wildman–Crippen LogP) is 1.35. The molecule has 0 spiro atoms. The fourth-order valence-corrected chi connectivity index (χ4v) is 1.78. The van der Waals surface area contributed by atoms with E-state index in [2.05, 4.69) is 5.48 Å². The van der Waals surface area contributed by atoms with Crippen LogP contribution in [0.5, 0.6) is 0 Å². The minimum Gasteiger partial charge on any atom is -0.345 e. The fourth-order valence-electron chi connectivity index (χ4n) is 1.78. The average Bonchev–Trinajstić information content (AvgIpc) is 2.81. The van der Waals surface area contributed by atoms with Crippen LogP contribution in [-0.4, -0.2) is 31.5 Å². The van der Waals surface area contributed by atoms with Crippen LogP contribution in [0.3, 0.4) is 0 Å². The molecule has 0 aromatic heterocycles. The third-order valence-electron chi connectivity index (χ3n) is 2.68. The highest BCUT2D eigenvalue weighted by molar-refractivity contribution is 5.94. The number of carbonyl (C=O) groups is 1. The summed E-state index contributed by atoms with van der Waals surface area (Å²) in [6, 6.07) is 7.89. The second kappa shape index (κ2) is 4.63. The van der Waals surface area contributed by atoms with Gasteiger partial charge in [-0.05, 0) is 24.1 Å². The van der Waals surface area contributed by atoms with Crippen molar-refractivity contribution < 1.29 is 9.63 Å². The Kier molecular flexibility index (Phi) is 3.22. The number of hydroxylamine groups is 1. The third-order valence-corrected chi connectivity index (χ3v) is 2.68. The molecular weight excluding hydrogens is 204 g/mol. The summed E-state index contributed by atoms with van der Waals surface area (Å²) in [6.07, 6.45) is 0.944. The molecule has 1 atom stereocenters. The van der Waals surface area contributed by atoms with E-state index in [4.69, 9.17) is 4.84 Å². The molecule has 86 valence electrons. The van der Waals surface area contributed by atoms with Gasteiger partial charge in [0.05, 0.1) is 12.6 Å². The number of hydrogen-bond donors (Lipinski definition) is 1. The number of hydrogen-bond acceptors (Lipinski definition) is 3. The van der Waals surface area contributed by atoms with Crippen molar-refractivity contribution in [1.29, 1.82) is 0 Å². The molecule has 16 heavy (non-hydrogen) atoms. The second-order valence-electron chi connectivity index (χ2n) is 4.13. The van der Waals surface area contributed by atoms with Crippen LogP contribution in [0.4, 0.5) is 0 Å². The number of nitrogens with one attached hydrogen (secondary N) is 1. The van der Waals surface area contributed by atoms with Crippen LogP contribution in [0, 0.1) is 0 Å². The van der Waals surface area contributed by atoms with E-state index in [1.54, 1.807) is 19.0 Å². The minimum atomic E-state index is 0.0285. The van der Waals surface area contributed by atoms with E-state index in [-0.39, 0.29) is 11.9 Å². The van der Waals surface area contributed by atoms with Gasteiger partial charge in [0, 0.05) is 19.7 Å². The van der Waals surface area contributed by atoms with Gasteiger partial charge in [-0.2, -0.15) is 5.48 Å². The van der Waals surface area contributed by atoms with Crippen LogP contribution in [0.2, 0.25) is 0 Å². The standard InChI is InChI=1S/C12H16N2O2/c1-14(2)12(15)10-5-3-4-9(8-10)11-6-7-16-13-11/h3-5,8,11,13H,6-7H2,1-2H3/t11-/m0/s1. The van der Waals surface area contributed by atoms with Crippen LogP contribution in [0.25, 0.3) is 0 Å². The van der Waals surface area contributed by atoms with Gasteiger partial charge in [-0.25, -0.2) is 0 Å². The molecule has 1 N–H and O–H groups in total. The summed E-state index contributed by atoms with van der Waals surface area (Å²) in [5.41, 5.74) is 4.76. The van der Waals surface area contributed by atoms with Gasteiger partial charge >= 0.3 is 0 Å². The molecule has 1 aromatic rings. The van der Waals surface area contributed by atoms with Crippen LogP contribution in [0.1, 0.15) is 28.4 Å². The zero-order valence-corrected chi connectivity index (χ0v) is 9.56. The molecule has 0 unspecified atom stereocenters. The van der Waals surface area contributed by atoms with Gasteiger partial charge in [-0.15, -0.1) is 0 Å². The zero-order valence-electron chi connectivity index (χ0n) is 9.56. The van der Waals surface area contributed by atoms with E-state index in [1.807, 2.05) is 24.3 Å². The predicted molar refractivity (Wildman–Crippen MR) is 60.9 cm³/mol. The van der Waals surface area contributed by atoms with E-state index < -0.39 is 0 Å². The van der Waals surface area contributed by atoms with E-state index in [1.165, 1.54) is 0 Å². The minimum absolute atomic E-state index is 0.0285. The Morgan fingerprint density at radius 1 is 1.50 bits per heavy atom. The molecule has 1 heterocycles. The van der Waals surface area contributed by atoms with E-state index in [0.29, 0.717) is 0 Å². The van der Waals surface area contributed by atoms with E-state index >= 15 is 0 Å². The Labute approximate surface area is 95.2 Å². The molecule has 0 aliphatic carbocycles. The molecule has 1 aromatic carbocycles. The molecule has 1 aliphatic heterocycles. The topological polar surface area (TPSA) is 41.6 Å². The monoisotopic (exact) mass is 220 g/mol. The molecule has 0 bridgehead atoms. The van der Waals surface area contributed by atoms with Crippen molar-refractivity contribution in [3.63, 3.8) is 0 Å². The van der Waals surface area contributed by atoms with Gasteiger partial charge in [-0.3, -0.25) is 4.79 Å². The summed E-state index contributed by atoms with van der Waals surface area (Å²) >= 11 is 0. The van der Waals surface area contributed by atoms with Gasteiger partial charge in [0.1, 0.15) is 0 Å². The third kappa shape index (κ3) is 2.23. The molecule has 1 aliphatic rings. The first-order chi connectivity index (χ1) is 7.68. The Bertz CT molecular complexity index is 384. The Balaban J connectivity index is 2.22. The lowest BCUT2D eigenvalue weighted by atomic mass is 10.0. The molecule has 2 rings (SSSR count). The highest BCUT2D eigenvalue weighted by Crippen LogP contribution is 2.22. The second-order valence-corrected chi connectivity index (χ2v) is 4.13. The smallest absolute Gasteiger partial charge is 0.253 e. The maximum Gasteiger partial charge on any atom is 0.253 e. The molecule has 1 saturated heterocycles. The first-order valence-corrected chi connectivity index (χ1v) is 5.37. The summed E-state index contributed by atoms with van der Waals surface area (Å²) in [6.45, 7) is 0.719. The van der Waals surface area contributed by atoms with Gasteiger partial charge in [0.25, 0.3) is 5.91 Å². The highest BCUT2D eigenvalue weighted by Gasteiger charge is 2.18. The first-order valence-electron chi connectivity index (χ1n) is 5.37. The molecule has 1 fully saturated rings. The molecule has 0 saturated carbocycles. The summed E-state index contributed by atoms with van der Waals surface area (Å²) in [5.74, 6) is 0.0285. The van der Waals surface area contributed by atoms with Crippen molar-refractivity contribution in [2.24, 2.45) is 0 Å². The average molecular weight is 220 g/mol. The van der Waals surface area contributed by atoms with Crippen LogP contribution < -0.4 is 5.48 Å². The van der Waals surface area contributed by atoms with Crippen LogP contribution in [-0.2, 0) is 4.84 Å². The normalized spacial score (nSPS) is 19.8. The molecule has 0 radical (unpaired) electrons. The molecule has 1 amide bonds. The highest BCUT2D eigenvalue weighted by atomic mass is 16.7. The molecule has 4 heteroatoms. The largest absolute Gasteiger partial charge is 0.345 e. The lowest BCUT2D eigenvalue weighted by molar-refractivity contribution is 0.0825. The summed E-state index contributed by atoms with van der Waals surface area (Å²) in [4.78, 5) is 18.5. The van der Waals surface area contributed by atoms with Gasteiger partial charge in [0.2, 0.25) is 0 Å². The molecular formula is C12H16N2O2. The number of carbonyl (C=O) groups excluding carboxylic acids is 1.